The van der Waals surface area contributed by atoms with Crippen LogP contribution in [0.3, 0.4) is 0 Å². The van der Waals surface area contributed by atoms with Crippen LogP contribution in [0.25, 0.3) is 0 Å². The van der Waals surface area contributed by atoms with Gasteiger partial charge in [-0.2, -0.15) is 5.10 Å². The maximum absolute atomic E-state index is 13.4. The lowest BCUT2D eigenvalue weighted by Crippen LogP contribution is -2.39. The maximum Gasteiger partial charge on any atom is 0.264 e. The number of nitrogens with one attached hydrogen (secondary N) is 1. The molecule has 0 spiro atoms. The molecule has 0 radical (unpaired) electrons. The summed E-state index contributed by atoms with van der Waals surface area (Å²) >= 11 is 17.9. The predicted molar refractivity (Wildman–Crippen MR) is 136 cm³/mol. The first-order chi connectivity index (χ1) is 16.2. The van der Waals surface area contributed by atoms with Crippen LogP contribution in [-0.2, 0) is 14.8 Å². The fourth-order valence-corrected chi connectivity index (χ4v) is 4.87. The second-order valence-corrected chi connectivity index (χ2v) is 9.99. The summed E-state index contributed by atoms with van der Waals surface area (Å²) in [7, 11) is -4.09. The van der Waals surface area contributed by atoms with Gasteiger partial charge in [0.15, 0.2) is 0 Å². The highest BCUT2D eigenvalue weighted by atomic mass is 35.5. The van der Waals surface area contributed by atoms with Crippen LogP contribution in [-0.4, -0.2) is 33.7 Å². The van der Waals surface area contributed by atoms with Gasteiger partial charge in [0, 0.05) is 15.6 Å². The number of carbonyl (C=O) groups excluding carboxylic acids is 1. The average molecular weight is 541 g/mol. The number of hydrogen-bond donors (Lipinski definition) is 1. The highest BCUT2D eigenvalue weighted by Crippen LogP contribution is 2.26. The molecule has 0 saturated carbocycles. The van der Waals surface area contributed by atoms with Crippen LogP contribution >= 0.6 is 34.8 Å². The fourth-order valence-electron chi connectivity index (χ4n) is 2.87. The number of hydrazone groups is 1. The lowest BCUT2D eigenvalue weighted by molar-refractivity contribution is -0.119. The molecular weight excluding hydrogens is 521 g/mol. The Hall–Kier alpha value is -2.78. The van der Waals surface area contributed by atoms with Crippen molar-refractivity contribution in [3.63, 3.8) is 0 Å². The van der Waals surface area contributed by atoms with Crippen LogP contribution in [0.15, 0.2) is 76.7 Å². The van der Waals surface area contributed by atoms with E-state index in [1.807, 2.05) is 6.92 Å². The van der Waals surface area contributed by atoms with Crippen molar-refractivity contribution in [1.82, 2.24) is 5.43 Å². The maximum atomic E-state index is 13.4. The van der Waals surface area contributed by atoms with Gasteiger partial charge < -0.3 is 4.74 Å². The Balaban J connectivity index is 1.85. The van der Waals surface area contributed by atoms with Gasteiger partial charge in [-0.3, -0.25) is 9.10 Å². The number of sulfonamides is 1. The van der Waals surface area contributed by atoms with E-state index in [2.05, 4.69) is 10.5 Å². The van der Waals surface area contributed by atoms with E-state index in [0.29, 0.717) is 33.0 Å². The van der Waals surface area contributed by atoms with Crippen molar-refractivity contribution < 1.29 is 17.9 Å². The summed E-state index contributed by atoms with van der Waals surface area (Å²) in [4.78, 5) is 12.6. The van der Waals surface area contributed by atoms with Gasteiger partial charge in [0.1, 0.15) is 12.3 Å². The molecule has 0 aliphatic heterocycles. The van der Waals surface area contributed by atoms with Crippen molar-refractivity contribution in [2.45, 2.75) is 11.8 Å². The summed E-state index contributed by atoms with van der Waals surface area (Å²) < 4.78 is 33.1. The van der Waals surface area contributed by atoms with Gasteiger partial charge in [0.05, 0.1) is 28.4 Å². The molecule has 0 unspecified atom stereocenters. The smallest absolute Gasteiger partial charge is 0.264 e. The first-order valence-corrected chi connectivity index (χ1v) is 12.6. The van der Waals surface area contributed by atoms with E-state index in [-0.39, 0.29) is 10.6 Å². The number of halogens is 3. The molecule has 0 saturated heterocycles. The molecular formula is C23H20Cl3N3O4S. The first-order valence-electron chi connectivity index (χ1n) is 9.99. The topological polar surface area (TPSA) is 88.1 Å². The molecule has 3 aromatic rings. The molecule has 3 aromatic carbocycles. The Labute approximate surface area is 212 Å². The second-order valence-electron chi connectivity index (χ2n) is 6.85. The third kappa shape index (κ3) is 6.64. The van der Waals surface area contributed by atoms with Crippen LogP contribution < -0.4 is 14.5 Å². The molecule has 0 atom stereocenters. The number of benzene rings is 3. The standard InChI is InChI=1S/C23H20Cl3N3O4S/c1-2-33-20-9-7-19(8-10-20)29(34(31,32)21-11-5-17(24)6-12-21)15-23(30)28-27-14-16-3-4-18(25)13-22(16)26/h3-14H,2,15H2,1H3,(H,28,30)/b27-14-. The van der Waals surface area contributed by atoms with E-state index in [1.54, 1.807) is 42.5 Å². The van der Waals surface area contributed by atoms with Gasteiger partial charge in [-0.1, -0.05) is 40.9 Å². The summed E-state index contributed by atoms with van der Waals surface area (Å²) in [5, 5.41) is 5.08. The molecule has 11 heteroatoms. The number of anilines is 1. The van der Waals surface area contributed by atoms with E-state index in [0.717, 1.165) is 4.31 Å². The van der Waals surface area contributed by atoms with Crippen molar-refractivity contribution in [3.05, 3.63) is 87.4 Å². The van der Waals surface area contributed by atoms with E-state index < -0.39 is 22.5 Å². The Bertz CT molecular complexity index is 1280. The average Bonchev–Trinajstić information content (AvgIpc) is 2.80. The Morgan fingerprint density at radius 2 is 1.65 bits per heavy atom. The molecule has 0 bridgehead atoms. The predicted octanol–water partition coefficient (Wildman–Crippen LogP) is 5.39. The highest BCUT2D eigenvalue weighted by Gasteiger charge is 2.27. The van der Waals surface area contributed by atoms with Crippen LogP contribution in [0, 0.1) is 0 Å². The highest BCUT2D eigenvalue weighted by molar-refractivity contribution is 7.92. The third-order valence-electron chi connectivity index (χ3n) is 4.48. The van der Waals surface area contributed by atoms with E-state index in [4.69, 9.17) is 39.5 Å². The van der Waals surface area contributed by atoms with Crippen LogP contribution in [0.5, 0.6) is 5.75 Å². The zero-order valence-electron chi connectivity index (χ0n) is 17.9. The number of hydrogen-bond acceptors (Lipinski definition) is 5. The van der Waals surface area contributed by atoms with Gasteiger partial charge in [0.25, 0.3) is 15.9 Å². The summed E-state index contributed by atoms with van der Waals surface area (Å²) in [5.74, 6) is -0.0863. The van der Waals surface area contributed by atoms with E-state index >= 15 is 0 Å². The van der Waals surface area contributed by atoms with Crippen LogP contribution in [0.1, 0.15) is 12.5 Å². The lowest BCUT2D eigenvalue weighted by atomic mass is 10.2. The number of amides is 1. The fraction of sp³-hybridized carbons (Fsp3) is 0.130. The lowest BCUT2D eigenvalue weighted by Gasteiger charge is -2.24. The first kappa shape index (κ1) is 25.8. The summed E-state index contributed by atoms with van der Waals surface area (Å²) in [5.41, 5.74) is 3.13. The molecule has 0 aliphatic carbocycles. The SMILES string of the molecule is CCOc1ccc(N(CC(=O)N/N=C\c2ccc(Cl)cc2Cl)S(=O)(=O)c2ccc(Cl)cc2)cc1. The van der Waals surface area contributed by atoms with Gasteiger partial charge >= 0.3 is 0 Å². The molecule has 0 aliphatic rings. The van der Waals surface area contributed by atoms with Gasteiger partial charge in [-0.25, -0.2) is 13.8 Å². The number of nitrogens with zero attached hydrogens (tertiary/aromatic N) is 2. The summed E-state index contributed by atoms with van der Waals surface area (Å²) in [6.07, 6.45) is 1.34. The largest absolute Gasteiger partial charge is 0.494 e. The van der Waals surface area contributed by atoms with Gasteiger partial charge in [-0.15, -0.1) is 0 Å². The number of carbonyl (C=O) groups is 1. The molecule has 0 aromatic heterocycles. The molecule has 34 heavy (non-hydrogen) atoms. The van der Waals surface area contributed by atoms with Crippen molar-refractivity contribution in [2.75, 3.05) is 17.5 Å². The molecule has 0 heterocycles. The van der Waals surface area contributed by atoms with Crippen molar-refractivity contribution in [3.8, 4) is 5.75 Å². The van der Waals surface area contributed by atoms with Gasteiger partial charge in [-0.05, 0) is 67.6 Å². The van der Waals surface area contributed by atoms with Crippen molar-refractivity contribution in [2.24, 2.45) is 5.10 Å². The summed E-state index contributed by atoms with van der Waals surface area (Å²) in [6.45, 7) is 1.78. The van der Waals surface area contributed by atoms with E-state index in [9.17, 15) is 13.2 Å². The van der Waals surface area contributed by atoms with Crippen molar-refractivity contribution >= 4 is 62.6 Å². The Morgan fingerprint density at radius 1 is 1.00 bits per heavy atom. The quantitative estimate of drug-likeness (QED) is 0.291. The summed E-state index contributed by atoms with van der Waals surface area (Å²) in [6, 6.07) is 16.8. The minimum Gasteiger partial charge on any atom is -0.494 e. The number of rotatable bonds is 9. The molecule has 0 fully saturated rings. The Kier molecular flexibility index (Phi) is 8.79. The van der Waals surface area contributed by atoms with Gasteiger partial charge in [0.2, 0.25) is 0 Å². The Morgan fingerprint density at radius 3 is 2.26 bits per heavy atom. The minimum absolute atomic E-state index is 0.0185. The molecule has 1 amide bonds. The second kappa shape index (κ2) is 11.6. The van der Waals surface area contributed by atoms with Crippen molar-refractivity contribution in [1.29, 1.82) is 0 Å². The monoisotopic (exact) mass is 539 g/mol. The van der Waals surface area contributed by atoms with Crippen LogP contribution in [0.2, 0.25) is 15.1 Å². The zero-order valence-corrected chi connectivity index (χ0v) is 21.0. The molecule has 7 nitrogen and oxygen atoms in total. The molecule has 1 N–H and O–H groups in total. The normalized spacial score (nSPS) is 11.4. The van der Waals surface area contributed by atoms with E-state index in [1.165, 1.54) is 30.5 Å². The zero-order chi connectivity index (χ0) is 24.7. The number of ether oxygens (including phenoxy) is 1. The molecule has 3 rings (SSSR count). The van der Waals surface area contributed by atoms with Crippen LogP contribution in [0.4, 0.5) is 5.69 Å². The molecule has 178 valence electrons. The third-order valence-corrected chi connectivity index (χ3v) is 7.08. The minimum atomic E-state index is -4.09.